The van der Waals surface area contributed by atoms with E-state index in [1.54, 1.807) is 11.3 Å². The number of nitrogens with zero attached hydrogens (tertiary/aromatic N) is 2. The molecule has 2 aromatic heterocycles. The molecule has 1 aliphatic carbocycles. The quantitative estimate of drug-likeness (QED) is 0.443. The Morgan fingerprint density at radius 3 is 2.85 bits per heavy atom. The Morgan fingerprint density at radius 1 is 1.03 bits per heavy atom. The van der Waals surface area contributed by atoms with Gasteiger partial charge in [-0.25, -0.2) is 4.99 Å². The Labute approximate surface area is 197 Å². The highest BCUT2D eigenvalue weighted by atomic mass is 32.1. The minimum atomic E-state index is -0.108. The van der Waals surface area contributed by atoms with Crippen molar-refractivity contribution in [2.45, 2.75) is 18.9 Å². The molecule has 4 aromatic rings. The summed E-state index contributed by atoms with van der Waals surface area (Å²) in [6.07, 6.45) is 3.80. The molecule has 0 fully saturated rings. The molecule has 0 saturated carbocycles. The number of thiophene rings is 1. The van der Waals surface area contributed by atoms with Crippen LogP contribution >= 0.6 is 22.7 Å². The molecule has 2 aliphatic heterocycles. The third-order valence-electron chi connectivity index (χ3n) is 6.38. The van der Waals surface area contributed by atoms with Crippen molar-refractivity contribution >= 4 is 34.4 Å². The van der Waals surface area contributed by atoms with Crippen LogP contribution in [0.4, 0.5) is 0 Å². The van der Waals surface area contributed by atoms with E-state index in [1.165, 1.54) is 32.9 Å². The zero-order valence-electron chi connectivity index (χ0n) is 17.5. The van der Waals surface area contributed by atoms with E-state index < -0.39 is 0 Å². The lowest BCUT2D eigenvalue weighted by Gasteiger charge is -2.30. The fourth-order valence-corrected chi connectivity index (χ4v) is 6.72. The van der Waals surface area contributed by atoms with Crippen LogP contribution in [0.1, 0.15) is 34.0 Å². The molecule has 1 atom stereocenters. The van der Waals surface area contributed by atoms with Crippen LogP contribution in [0.2, 0.25) is 0 Å². The second-order valence-electron chi connectivity index (χ2n) is 8.24. The molecule has 3 aliphatic rings. The predicted octanol–water partition coefficient (Wildman–Crippen LogP) is 4.11. The molecular weight excluding hydrogens is 452 g/mol. The number of hydrogen-bond acceptors (Lipinski definition) is 6. The SMILES string of the molecule is O=c1c(=Cc2ccc3c(c2)OCO3)sc2n1[C@@H](c1cccs1)C1=C(N=2)c2ccccc2CC1. The van der Waals surface area contributed by atoms with E-state index in [0.29, 0.717) is 10.3 Å². The lowest BCUT2D eigenvalue weighted by molar-refractivity contribution is 0.174. The molecule has 0 amide bonds. The first-order chi connectivity index (χ1) is 16.3. The average molecular weight is 471 g/mol. The highest BCUT2D eigenvalue weighted by Gasteiger charge is 2.33. The van der Waals surface area contributed by atoms with E-state index in [4.69, 9.17) is 14.5 Å². The van der Waals surface area contributed by atoms with Gasteiger partial charge >= 0.3 is 0 Å². The molecule has 4 heterocycles. The van der Waals surface area contributed by atoms with E-state index in [1.807, 2.05) is 28.8 Å². The minimum Gasteiger partial charge on any atom is -0.454 e. The number of allylic oxidation sites excluding steroid dienone is 1. The van der Waals surface area contributed by atoms with Gasteiger partial charge in [0.05, 0.1) is 16.3 Å². The van der Waals surface area contributed by atoms with Crippen molar-refractivity contribution < 1.29 is 9.47 Å². The van der Waals surface area contributed by atoms with Gasteiger partial charge in [-0.3, -0.25) is 9.36 Å². The number of benzene rings is 2. The molecule has 0 saturated heterocycles. The Balaban J connectivity index is 1.46. The Morgan fingerprint density at radius 2 is 1.94 bits per heavy atom. The molecule has 2 aromatic carbocycles. The Hall–Kier alpha value is -3.42. The van der Waals surface area contributed by atoms with Crippen LogP contribution in [0.5, 0.6) is 11.5 Å². The molecule has 7 rings (SSSR count). The van der Waals surface area contributed by atoms with Crippen LogP contribution < -0.4 is 24.4 Å². The minimum absolute atomic E-state index is 0.000209. The molecule has 33 heavy (non-hydrogen) atoms. The van der Waals surface area contributed by atoms with Crippen LogP contribution in [0, 0.1) is 0 Å². The van der Waals surface area contributed by atoms with Crippen molar-refractivity contribution in [3.63, 3.8) is 0 Å². The first-order valence-corrected chi connectivity index (χ1v) is 12.5. The van der Waals surface area contributed by atoms with Crippen molar-refractivity contribution in [3.05, 3.63) is 107 Å². The number of thiazole rings is 1. The maximum Gasteiger partial charge on any atom is 0.271 e. The van der Waals surface area contributed by atoms with Crippen molar-refractivity contribution in [1.82, 2.24) is 4.57 Å². The third-order valence-corrected chi connectivity index (χ3v) is 8.29. The van der Waals surface area contributed by atoms with Crippen molar-refractivity contribution in [2.24, 2.45) is 4.99 Å². The standard InChI is InChI=1S/C26H18N2O3S2/c29-25-22(13-15-7-10-19-20(12-15)31-14-30-19)33-26-27-23-17-5-2-1-4-16(17)8-9-18(23)24(28(25)26)21-6-3-11-32-21/h1-7,10-13,24H,8-9,14H2/t24-/m1/s1. The fraction of sp³-hybridized carbons (Fsp3) is 0.154. The van der Waals surface area contributed by atoms with Crippen molar-refractivity contribution in [3.8, 4) is 11.5 Å². The summed E-state index contributed by atoms with van der Waals surface area (Å²) in [6, 6.07) is 18.3. The monoisotopic (exact) mass is 470 g/mol. The molecule has 0 radical (unpaired) electrons. The van der Waals surface area contributed by atoms with Gasteiger partial charge < -0.3 is 9.47 Å². The summed E-state index contributed by atoms with van der Waals surface area (Å²) in [7, 11) is 0. The molecular formula is C26H18N2O3S2. The second-order valence-corrected chi connectivity index (χ2v) is 10.2. The van der Waals surface area contributed by atoms with Crippen molar-refractivity contribution in [1.29, 1.82) is 0 Å². The maximum absolute atomic E-state index is 13.7. The van der Waals surface area contributed by atoms with Gasteiger partial charge in [-0.1, -0.05) is 47.7 Å². The predicted molar refractivity (Wildman–Crippen MR) is 130 cm³/mol. The van der Waals surface area contributed by atoms with Crippen LogP contribution in [0.25, 0.3) is 11.8 Å². The Kier molecular flexibility index (Phi) is 4.22. The first kappa shape index (κ1) is 19.1. The maximum atomic E-state index is 13.7. The van der Waals surface area contributed by atoms with E-state index in [0.717, 1.165) is 34.7 Å². The molecule has 0 unspecified atom stereocenters. The van der Waals surface area contributed by atoms with Gasteiger partial charge in [-0.05, 0) is 59.2 Å². The fourth-order valence-electron chi connectivity index (χ4n) is 4.87. The molecule has 7 heteroatoms. The van der Waals surface area contributed by atoms with Gasteiger partial charge in [0.1, 0.15) is 0 Å². The number of rotatable bonds is 2. The number of fused-ring (bicyclic) bond motifs is 4. The number of aryl methyl sites for hydroxylation is 1. The van der Waals surface area contributed by atoms with E-state index in [2.05, 4.69) is 41.8 Å². The number of ether oxygens (including phenoxy) is 2. The number of aromatic nitrogens is 1. The van der Waals surface area contributed by atoms with Gasteiger partial charge in [0.15, 0.2) is 16.3 Å². The highest BCUT2D eigenvalue weighted by Crippen LogP contribution is 2.42. The van der Waals surface area contributed by atoms with Crippen LogP contribution in [-0.4, -0.2) is 11.4 Å². The highest BCUT2D eigenvalue weighted by molar-refractivity contribution is 7.10. The summed E-state index contributed by atoms with van der Waals surface area (Å²) < 4.78 is 13.5. The van der Waals surface area contributed by atoms with Crippen LogP contribution in [0.15, 0.2) is 75.3 Å². The Bertz CT molecular complexity index is 1630. The molecule has 0 spiro atoms. The third kappa shape index (κ3) is 2.96. The van der Waals surface area contributed by atoms with Gasteiger partial charge in [-0.15, -0.1) is 11.3 Å². The average Bonchev–Trinajstić information content (AvgIpc) is 3.59. The largest absolute Gasteiger partial charge is 0.454 e. The summed E-state index contributed by atoms with van der Waals surface area (Å²) in [5.41, 5.74) is 5.69. The zero-order chi connectivity index (χ0) is 21.9. The topological polar surface area (TPSA) is 52.8 Å². The van der Waals surface area contributed by atoms with E-state index in [-0.39, 0.29) is 18.4 Å². The smallest absolute Gasteiger partial charge is 0.271 e. The van der Waals surface area contributed by atoms with E-state index >= 15 is 0 Å². The summed E-state index contributed by atoms with van der Waals surface area (Å²) in [6.45, 7) is 0.231. The van der Waals surface area contributed by atoms with Crippen molar-refractivity contribution in [2.75, 3.05) is 6.79 Å². The van der Waals surface area contributed by atoms with Gasteiger partial charge in [0.2, 0.25) is 6.79 Å². The van der Waals surface area contributed by atoms with Gasteiger partial charge in [0, 0.05) is 10.4 Å². The van der Waals surface area contributed by atoms with Gasteiger partial charge in [0.25, 0.3) is 5.56 Å². The number of hydrogen-bond donors (Lipinski definition) is 0. The molecule has 162 valence electrons. The zero-order valence-corrected chi connectivity index (χ0v) is 19.1. The second kappa shape index (κ2) is 7.30. The summed E-state index contributed by atoms with van der Waals surface area (Å²) in [5, 5.41) is 2.08. The van der Waals surface area contributed by atoms with Crippen LogP contribution in [-0.2, 0) is 6.42 Å². The van der Waals surface area contributed by atoms with E-state index in [9.17, 15) is 4.79 Å². The lowest BCUT2D eigenvalue weighted by atomic mass is 9.85. The first-order valence-electron chi connectivity index (χ1n) is 10.8. The molecule has 0 bridgehead atoms. The summed E-state index contributed by atoms with van der Waals surface area (Å²) in [4.78, 5) is 20.7. The van der Waals surface area contributed by atoms with Crippen LogP contribution in [0.3, 0.4) is 0 Å². The molecule has 5 nitrogen and oxygen atoms in total. The molecule has 0 N–H and O–H groups in total. The summed E-state index contributed by atoms with van der Waals surface area (Å²) in [5.74, 6) is 1.44. The lowest BCUT2D eigenvalue weighted by Crippen LogP contribution is -2.38. The summed E-state index contributed by atoms with van der Waals surface area (Å²) >= 11 is 3.14. The van der Waals surface area contributed by atoms with Gasteiger partial charge in [-0.2, -0.15) is 0 Å². The normalized spacial score (nSPS) is 18.5.